The van der Waals surface area contributed by atoms with Gasteiger partial charge in [0.05, 0.1) is 0 Å². The Morgan fingerprint density at radius 3 is 2.64 bits per heavy atom. The number of nitrogens with zero attached hydrogens (tertiary/aromatic N) is 1. The van der Waals surface area contributed by atoms with Crippen LogP contribution in [0.4, 0.5) is 0 Å². The van der Waals surface area contributed by atoms with Crippen LogP contribution in [0.1, 0.15) is 57.4 Å². The lowest BCUT2D eigenvalue weighted by atomic mass is 9.86. The lowest BCUT2D eigenvalue weighted by Gasteiger charge is -2.27. The summed E-state index contributed by atoms with van der Waals surface area (Å²) in [5, 5.41) is 6.55. The van der Waals surface area contributed by atoms with E-state index in [1.165, 1.54) is 43.2 Å². The molecule has 2 saturated carbocycles. The van der Waals surface area contributed by atoms with Crippen molar-refractivity contribution in [3.63, 3.8) is 0 Å². The molecule has 0 aromatic heterocycles. The van der Waals surface area contributed by atoms with Gasteiger partial charge in [0.2, 0.25) is 5.91 Å². The minimum Gasteiger partial charge on any atom is -0.359 e. The third kappa shape index (κ3) is 6.59. The standard InChI is InChI=1S/C24H35N3O/c1-18(15-19-7-4-3-5-8-19)22-16-23(22)27-21-12-10-20(11-13-21)17-26-14-6-9-24(28)25-2/h3-5,7-8,15,17,20-23,27H,6,9-14,16H2,1-2H3,(H,25,28)/b18-15+,26-17?/t20?,21?,22-,23?/m0/s1. The fourth-order valence-corrected chi connectivity index (χ4v) is 4.22. The SMILES string of the molecule is CNC(=O)CCCN=CC1CCC(NC2C[C@H]2/C(C)=C/c2ccccc2)CC1. The van der Waals surface area contributed by atoms with E-state index in [0.29, 0.717) is 30.3 Å². The summed E-state index contributed by atoms with van der Waals surface area (Å²) in [4.78, 5) is 15.7. The molecule has 1 aromatic carbocycles. The van der Waals surface area contributed by atoms with Crippen LogP contribution in [0.5, 0.6) is 0 Å². The Bertz CT molecular complexity index is 674. The molecule has 3 rings (SSSR count). The van der Waals surface area contributed by atoms with Crippen molar-refractivity contribution in [1.82, 2.24) is 10.6 Å². The van der Waals surface area contributed by atoms with Gasteiger partial charge in [0, 0.05) is 38.3 Å². The highest BCUT2D eigenvalue weighted by Gasteiger charge is 2.39. The van der Waals surface area contributed by atoms with E-state index in [1.54, 1.807) is 7.05 Å². The fourth-order valence-electron chi connectivity index (χ4n) is 4.22. The van der Waals surface area contributed by atoms with Crippen molar-refractivity contribution in [2.24, 2.45) is 16.8 Å². The Kier molecular flexibility index (Phi) is 7.84. The van der Waals surface area contributed by atoms with Crippen LogP contribution in [-0.4, -0.2) is 37.8 Å². The second-order valence-corrected chi connectivity index (χ2v) is 8.36. The Labute approximate surface area is 169 Å². The first-order valence-electron chi connectivity index (χ1n) is 10.9. The highest BCUT2D eigenvalue weighted by atomic mass is 16.1. The number of benzene rings is 1. The molecule has 0 aliphatic heterocycles. The molecule has 152 valence electrons. The van der Waals surface area contributed by atoms with Gasteiger partial charge >= 0.3 is 0 Å². The van der Waals surface area contributed by atoms with Crippen LogP contribution >= 0.6 is 0 Å². The van der Waals surface area contributed by atoms with Gasteiger partial charge in [0.1, 0.15) is 0 Å². The summed E-state index contributed by atoms with van der Waals surface area (Å²) in [6.45, 7) is 3.04. The molecule has 0 spiro atoms. The van der Waals surface area contributed by atoms with Crippen molar-refractivity contribution < 1.29 is 4.79 Å². The predicted octanol–water partition coefficient (Wildman–Crippen LogP) is 4.22. The van der Waals surface area contributed by atoms with Crippen LogP contribution in [0, 0.1) is 11.8 Å². The maximum absolute atomic E-state index is 11.2. The maximum Gasteiger partial charge on any atom is 0.219 e. The van der Waals surface area contributed by atoms with Crippen molar-refractivity contribution in [1.29, 1.82) is 0 Å². The molecule has 1 aromatic rings. The Hall–Kier alpha value is -1.94. The first-order valence-corrected chi connectivity index (χ1v) is 10.9. The number of aliphatic imine (C=N–C) groups is 1. The molecular formula is C24H35N3O. The molecule has 2 atom stereocenters. The van der Waals surface area contributed by atoms with Crippen LogP contribution in [0.25, 0.3) is 6.08 Å². The third-order valence-corrected chi connectivity index (χ3v) is 6.08. The molecule has 0 saturated heterocycles. The number of hydrogen-bond donors (Lipinski definition) is 2. The van der Waals surface area contributed by atoms with Crippen LogP contribution in [0.15, 0.2) is 40.9 Å². The average Bonchev–Trinajstić information content (AvgIpc) is 3.49. The summed E-state index contributed by atoms with van der Waals surface area (Å²) < 4.78 is 0. The molecule has 4 nitrogen and oxygen atoms in total. The summed E-state index contributed by atoms with van der Waals surface area (Å²) in [7, 11) is 1.68. The number of carbonyl (C=O) groups excluding carboxylic acids is 1. The summed E-state index contributed by atoms with van der Waals surface area (Å²) >= 11 is 0. The van der Waals surface area contributed by atoms with Crippen molar-refractivity contribution in [3.8, 4) is 0 Å². The van der Waals surface area contributed by atoms with Gasteiger partial charge in [-0.05, 0) is 62.8 Å². The lowest BCUT2D eigenvalue weighted by Crippen LogP contribution is -2.35. The normalized spacial score (nSPS) is 27.7. The highest BCUT2D eigenvalue weighted by Crippen LogP contribution is 2.39. The number of rotatable bonds is 9. The van der Waals surface area contributed by atoms with Gasteiger partial charge in [-0.15, -0.1) is 0 Å². The van der Waals surface area contributed by atoms with E-state index in [-0.39, 0.29) is 5.91 Å². The van der Waals surface area contributed by atoms with E-state index in [1.807, 2.05) is 0 Å². The Morgan fingerprint density at radius 2 is 1.93 bits per heavy atom. The van der Waals surface area contributed by atoms with Crippen molar-refractivity contribution in [2.75, 3.05) is 13.6 Å². The lowest BCUT2D eigenvalue weighted by molar-refractivity contribution is -0.120. The van der Waals surface area contributed by atoms with Crippen molar-refractivity contribution in [3.05, 3.63) is 41.5 Å². The fraction of sp³-hybridized carbons (Fsp3) is 0.583. The molecule has 0 radical (unpaired) electrons. The van der Waals surface area contributed by atoms with Gasteiger partial charge < -0.3 is 10.6 Å². The number of amides is 1. The molecule has 2 aliphatic rings. The zero-order valence-corrected chi connectivity index (χ0v) is 17.4. The number of hydrogen-bond acceptors (Lipinski definition) is 3. The Balaban J connectivity index is 1.32. The molecule has 4 heteroatoms. The average molecular weight is 382 g/mol. The quantitative estimate of drug-likeness (QED) is 0.497. The first kappa shape index (κ1) is 20.8. The monoisotopic (exact) mass is 381 g/mol. The van der Waals surface area contributed by atoms with Gasteiger partial charge in [0.15, 0.2) is 0 Å². The highest BCUT2D eigenvalue weighted by molar-refractivity contribution is 5.75. The summed E-state index contributed by atoms with van der Waals surface area (Å²) in [5.41, 5.74) is 2.81. The molecule has 28 heavy (non-hydrogen) atoms. The minimum absolute atomic E-state index is 0.106. The second kappa shape index (κ2) is 10.6. The van der Waals surface area contributed by atoms with Gasteiger partial charge in [0.25, 0.3) is 0 Å². The molecule has 2 N–H and O–H groups in total. The molecule has 0 heterocycles. The van der Waals surface area contributed by atoms with E-state index in [0.717, 1.165) is 13.0 Å². The third-order valence-electron chi connectivity index (χ3n) is 6.08. The minimum atomic E-state index is 0.106. The van der Waals surface area contributed by atoms with E-state index >= 15 is 0 Å². The summed E-state index contributed by atoms with van der Waals surface area (Å²) in [6.07, 6.45) is 12.1. The van der Waals surface area contributed by atoms with Gasteiger partial charge in [-0.3, -0.25) is 9.79 Å². The van der Waals surface area contributed by atoms with E-state index in [9.17, 15) is 4.79 Å². The second-order valence-electron chi connectivity index (χ2n) is 8.36. The van der Waals surface area contributed by atoms with Crippen LogP contribution < -0.4 is 10.6 Å². The number of nitrogens with one attached hydrogen (secondary N) is 2. The molecule has 0 bridgehead atoms. The predicted molar refractivity (Wildman–Crippen MR) is 118 cm³/mol. The largest absolute Gasteiger partial charge is 0.359 e. The summed E-state index contributed by atoms with van der Waals surface area (Å²) in [5.74, 6) is 1.43. The van der Waals surface area contributed by atoms with E-state index < -0.39 is 0 Å². The van der Waals surface area contributed by atoms with Crippen LogP contribution in [-0.2, 0) is 4.79 Å². The van der Waals surface area contributed by atoms with Gasteiger partial charge in [-0.2, -0.15) is 0 Å². The zero-order chi connectivity index (χ0) is 19.8. The molecule has 2 aliphatic carbocycles. The Morgan fingerprint density at radius 1 is 1.18 bits per heavy atom. The topological polar surface area (TPSA) is 53.5 Å². The van der Waals surface area contributed by atoms with Crippen molar-refractivity contribution in [2.45, 2.75) is 64.0 Å². The van der Waals surface area contributed by atoms with Gasteiger partial charge in [-0.1, -0.05) is 42.0 Å². The summed E-state index contributed by atoms with van der Waals surface area (Å²) in [6, 6.07) is 12.0. The number of carbonyl (C=O) groups is 1. The smallest absolute Gasteiger partial charge is 0.219 e. The van der Waals surface area contributed by atoms with E-state index in [2.05, 4.69) is 65.2 Å². The molecule has 1 unspecified atom stereocenters. The van der Waals surface area contributed by atoms with Gasteiger partial charge in [-0.25, -0.2) is 0 Å². The molecular weight excluding hydrogens is 346 g/mol. The molecule has 2 fully saturated rings. The zero-order valence-electron chi connectivity index (χ0n) is 17.4. The van der Waals surface area contributed by atoms with E-state index in [4.69, 9.17) is 0 Å². The van der Waals surface area contributed by atoms with Crippen LogP contribution in [0.3, 0.4) is 0 Å². The molecule has 1 amide bonds. The maximum atomic E-state index is 11.2. The van der Waals surface area contributed by atoms with Crippen molar-refractivity contribution >= 4 is 18.2 Å². The van der Waals surface area contributed by atoms with Crippen LogP contribution in [0.2, 0.25) is 0 Å². The first-order chi connectivity index (χ1) is 13.7.